The van der Waals surface area contributed by atoms with E-state index in [0.717, 1.165) is 0 Å². The van der Waals surface area contributed by atoms with Gasteiger partial charge in [0.25, 0.3) is 0 Å². The Morgan fingerprint density at radius 1 is 1.64 bits per heavy atom. The zero-order valence-electron chi connectivity index (χ0n) is 9.12. The summed E-state index contributed by atoms with van der Waals surface area (Å²) in [5, 5.41) is 11.5. The summed E-state index contributed by atoms with van der Waals surface area (Å²) >= 11 is 0. The normalized spacial score (nSPS) is 12.9. The maximum atomic E-state index is 11.3. The smallest absolute Gasteiger partial charge is 0.234 e. The Balaban J connectivity index is 3.60. The van der Waals surface area contributed by atoms with Crippen molar-refractivity contribution < 1.29 is 14.6 Å². The van der Waals surface area contributed by atoms with Crippen molar-refractivity contribution in [3.8, 4) is 0 Å². The Morgan fingerprint density at radius 2 is 2.29 bits per heavy atom. The van der Waals surface area contributed by atoms with Crippen LogP contribution in [0.5, 0.6) is 0 Å². The zero-order valence-corrected chi connectivity index (χ0v) is 9.12. The van der Waals surface area contributed by atoms with Crippen LogP contribution in [0.4, 0.5) is 0 Å². The molecule has 0 aromatic carbocycles. The molecule has 0 aromatic rings. The van der Waals surface area contributed by atoms with Crippen molar-refractivity contribution in [2.24, 2.45) is 0 Å². The monoisotopic (exact) mass is 204 g/mol. The summed E-state index contributed by atoms with van der Waals surface area (Å²) in [4.78, 5) is 13.1. The van der Waals surface area contributed by atoms with Gasteiger partial charge in [-0.3, -0.25) is 9.69 Å². The van der Waals surface area contributed by atoms with E-state index in [9.17, 15) is 4.79 Å². The van der Waals surface area contributed by atoms with Crippen LogP contribution in [0.15, 0.2) is 0 Å². The van der Waals surface area contributed by atoms with Crippen molar-refractivity contribution in [2.75, 3.05) is 40.5 Å². The number of carbonyl (C=O) groups excluding carboxylic acids is 1. The van der Waals surface area contributed by atoms with Crippen LogP contribution in [0.1, 0.15) is 6.92 Å². The fraction of sp³-hybridized carbons (Fsp3) is 0.889. The quantitative estimate of drug-likeness (QED) is 0.526. The van der Waals surface area contributed by atoms with E-state index in [1.165, 1.54) is 0 Å². The van der Waals surface area contributed by atoms with Crippen LogP contribution in [-0.2, 0) is 9.53 Å². The second-order valence-corrected chi connectivity index (χ2v) is 3.29. The number of likely N-dealkylation sites (N-methyl/N-ethyl adjacent to an activating group) is 1. The number of nitrogens with one attached hydrogen (secondary N) is 1. The lowest BCUT2D eigenvalue weighted by Gasteiger charge is -2.21. The number of aliphatic hydroxyl groups excluding tert-OH is 1. The number of aliphatic hydroxyl groups is 1. The van der Waals surface area contributed by atoms with Crippen LogP contribution >= 0.6 is 0 Å². The molecule has 0 saturated heterocycles. The zero-order chi connectivity index (χ0) is 11.0. The third kappa shape index (κ3) is 5.90. The summed E-state index contributed by atoms with van der Waals surface area (Å²) in [7, 11) is 3.39. The van der Waals surface area contributed by atoms with E-state index >= 15 is 0 Å². The molecule has 5 heteroatoms. The Hall–Kier alpha value is -0.650. The lowest BCUT2D eigenvalue weighted by Crippen LogP contribution is -2.41. The second kappa shape index (κ2) is 7.73. The molecule has 84 valence electrons. The van der Waals surface area contributed by atoms with Crippen LogP contribution in [0.25, 0.3) is 0 Å². The van der Waals surface area contributed by atoms with Crippen molar-refractivity contribution in [3.05, 3.63) is 0 Å². The molecule has 0 aliphatic rings. The van der Waals surface area contributed by atoms with Gasteiger partial charge in [0.1, 0.15) is 0 Å². The molecular weight excluding hydrogens is 184 g/mol. The van der Waals surface area contributed by atoms with Crippen LogP contribution in [-0.4, -0.2) is 62.4 Å². The molecular formula is C9H20N2O3. The van der Waals surface area contributed by atoms with Gasteiger partial charge in [-0.1, -0.05) is 0 Å². The number of nitrogens with zero attached hydrogens (tertiary/aromatic N) is 1. The minimum Gasteiger partial charge on any atom is -0.395 e. The first kappa shape index (κ1) is 13.4. The summed E-state index contributed by atoms with van der Waals surface area (Å²) in [5.74, 6) is -0.0511. The third-order valence-electron chi connectivity index (χ3n) is 2.04. The maximum absolute atomic E-state index is 11.3. The van der Waals surface area contributed by atoms with E-state index in [0.29, 0.717) is 19.7 Å². The molecule has 1 atom stereocenters. The number of amides is 1. The molecule has 1 unspecified atom stereocenters. The van der Waals surface area contributed by atoms with E-state index in [-0.39, 0.29) is 18.6 Å². The number of rotatable bonds is 7. The van der Waals surface area contributed by atoms with E-state index in [4.69, 9.17) is 9.84 Å². The molecule has 0 fully saturated rings. The van der Waals surface area contributed by atoms with Crippen LogP contribution in [0.3, 0.4) is 0 Å². The topological polar surface area (TPSA) is 61.8 Å². The van der Waals surface area contributed by atoms with Crippen molar-refractivity contribution in [3.63, 3.8) is 0 Å². The molecule has 0 aromatic heterocycles. The van der Waals surface area contributed by atoms with Gasteiger partial charge >= 0.3 is 0 Å². The van der Waals surface area contributed by atoms with Gasteiger partial charge < -0.3 is 15.2 Å². The molecule has 0 heterocycles. The molecule has 0 bridgehead atoms. The minimum absolute atomic E-state index is 0.00294. The molecule has 14 heavy (non-hydrogen) atoms. The first-order valence-electron chi connectivity index (χ1n) is 4.68. The summed E-state index contributed by atoms with van der Waals surface area (Å²) < 4.78 is 4.80. The van der Waals surface area contributed by atoms with Gasteiger partial charge in [0, 0.05) is 19.7 Å². The first-order valence-corrected chi connectivity index (χ1v) is 4.68. The number of hydrogen-bond donors (Lipinski definition) is 2. The van der Waals surface area contributed by atoms with Crippen LogP contribution < -0.4 is 5.32 Å². The predicted molar refractivity (Wildman–Crippen MR) is 54.1 cm³/mol. The minimum atomic E-state index is -0.0511. The van der Waals surface area contributed by atoms with Crippen LogP contribution in [0, 0.1) is 0 Å². The van der Waals surface area contributed by atoms with Crippen molar-refractivity contribution in [1.82, 2.24) is 10.2 Å². The number of carbonyl (C=O) groups is 1. The fourth-order valence-corrected chi connectivity index (χ4v) is 0.870. The highest BCUT2D eigenvalue weighted by molar-refractivity contribution is 5.77. The van der Waals surface area contributed by atoms with Crippen LogP contribution in [0.2, 0.25) is 0 Å². The Labute approximate surface area is 85.0 Å². The highest BCUT2D eigenvalue weighted by atomic mass is 16.5. The predicted octanol–water partition coefficient (Wildman–Crippen LogP) is -0.938. The summed E-state index contributed by atoms with van der Waals surface area (Å²) in [6.45, 7) is 3.26. The average molecular weight is 204 g/mol. The largest absolute Gasteiger partial charge is 0.395 e. The van der Waals surface area contributed by atoms with Gasteiger partial charge in [-0.05, 0) is 14.0 Å². The SMILES string of the molecule is COCCNC(=O)CN(C)C(C)CO. The summed E-state index contributed by atoms with van der Waals surface area (Å²) in [6, 6.07) is 0.00294. The van der Waals surface area contributed by atoms with E-state index in [2.05, 4.69) is 5.32 Å². The highest BCUT2D eigenvalue weighted by Gasteiger charge is 2.11. The molecule has 0 aliphatic carbocycles. The molecule has 5 nitrogen and oxygen atoms in total. The fourth-order valence-electron chi connectivity index (χ4n) is 0.870. The van der Waals surface area contributed by atoms with Crippen molar-refractivity contribution >= 4 is 5.91 Å². The van der Waals surface area contributed by atoms with Gasteiger partial charge in [0.05, 0.1) is 19.8 Å². The van der Waals surface area contributed by atoms with Gasteiger partial charge in [-0.25, -0.2) is 0 Å². The number of hydrogen-bond acceptors (Lipinski definition) is 4. The van der Waals surface area contributed by atoms with Gasteiger partial charge in [-0.2, -0.15) is 0 Å². The second-order valence-electron chi connectivity index (χ2n) is 3.29. The van der Waals surface area contributed by atoms with E-state index in [1.807, 2.05) is 6.92 Å². The molecule has 0 spiro atoms. The lowest BCUT2D eigenvalue weighted by molar-refractivity contribution is -0.122. The molecule has 0 rings (SSSR count). The summed E-state index contributed by atoms with van der Waals surface area (Å²) in [6.07, 6.45) is 0. The number of ether oxygens (including phenoxy) is 1. The molecule has 0 aliphatic heterocycles. The lowest BCUT2D eigenvalue weighted by atomic mass is 10.3. The van der Waals surface area contributed by atoms with Crippen molar-refractivity contribution in [2.45, 2.75) is 13.0 Å². The Kier molecular flexibility index (Phi) is 7.37. The van der Waals surface area contributed by atoms with Crippen molar-refractivity contribution in [1.29, 1.82) is 0 Å². The van der Waals surface area contributed by atoms with E-state index < -0.39 is 0 Å². The Morgan fingerprint density at radius 3 is 2.79 bits per heavy atom. The summed E-state index contributed by atoms with van der Waals surface area (Å²) in [5.41, 5.74) is 0. The highest BCUT2D eigenvalue weighted by Crippen LogP contribution is 1.92. The van der Waals surface area contributed by atoms with Gasteiger partial charge in [0.15, 0.2) is 0 Å². The molecule has 0 radical (unpaired) electrons. The number of methoxy groups -OCH3 is 1. The Bertz CT molecular complexity index is 164. The maximum Gasteiger partial charge on any atom is 0.234 e. The standard InChI is InChI=1S/C9H20N2O3/c1-8(7-12)11(2)6-9(13)10-4-5-14-3/h8,12H,4-7H2,1-3H3,(H,10,13). The van der Waals surface area contributed by atoms with Gasteiger partial charge in [-0.15, -0.1) is 0 Å². The molecule has 1 amide bonds. The molecule has 0 saturated carbocycles. The van der Waals surface area contributed by atoms with E-state index in [1.54, 1.807) is 19.1 Å². The molecule has 2 N–H and O–H groups in total. The average Bonchev–Trinajstić information content (AvgIpc) is 2.16. The van der Waals surface area contributed by atoms with Gasteiger partial charge in [0.2, 0.25) is 5.91 Å². The third-order valence-corrected chi connectivity index (χ3v) is 2.04. The first-order chi connectivity index (χ1) is 6.61.